The Bertz CT molecular complexity index is 416. The van der Waals surface area contributed by atoms with Crippen LogP contribution in [-0.4, -0.2) is 43.7 Å². The molecule has 0 saturated carbocycles. The van der Waals surface area contributed by atoms with Crippen LogP contribution < -0.4 is 10.6 Å². The van der Waals surface area contributed by atoms with E-state index in [-0.39, 0.29) is 22.5 Å². The second kappa shape index (κ2) is 6.04. The van der Waals surface area contributed by atoms with Crippen LogP contribution in [0.2, 0.25) is 0 Å². The van der Waals surface area contributed by atoms with Gasteiger partial charge in [0.1, 0.15) is 6.54 Å². The van der Waals surface area contributed by atoms with E-state index in [2.05, 4.69) is 20.4 Å². The van der Waals surface area contributed by atoms with Crippen LogP contribution in [-0.2, 0) is 19.1 Å². The molecule has 0 bridgehead atoms. The number of nitrogens with zero attached hydrogens (tertiary/aromatic N) is 1. The van der Waals surface area contributed by atoms with Gasteiger partial charge in [0, 0.05) is 13.1 Å². The minimum absolute atomic E-state index is 0.0788. The average molecular weight is 257 g/mol. The molecule has 1 aliphatic rings. The minimum atomic E-state index is -0.616. The van der Waals surface area contributed by atoms with Crippen molar-refractivity contribution in [3.05, 3.63) is 11.0 Å². The van der Waals surface area contributed by atoms with Crippen molar-refractivity contribution in [1.82, 2.24) is 10.6 Å². The van der Waals surface area contributed by atoms with E-state index in [1.807, 2.05) is 0 Å². The van der Waals surface area contributed by atoms with Crippen molar-refractivity contribution in [3.63, 3.8) is 0 Å². The standard InChI is InChI=1S/C9H11N3O4S/c1-10-6(13)4-11-9-12-8(15)5(17-9)3-7(14)16-2/h3H,4H2,1-2H3,(H,10,13)(H,11,12,15)/b5-3-. The monoisotopic (exact) mass is 257 g/mol. The zero-order valence-corrected chi connectivity index (χ0v) is 10.1. The van der Waals surface area contributed by atoms with Gasteiger partial charge >= 0.3 is 5.97 Å². The van der Waals surface area contributed by atoms with Gasteiger partial charge < -0.3 is 15.4 Å². The summed E-state index contributed by atoms with van der Waals surface area (Å²) in [6, 6.07) is 0. The van der Waals surface area contributed by atoms with E-state index in [4.69, 9.17) is 0 Å². The van der Waals surface area contributed by atoms with Crippen molar-refractivity contribution >= 4 is 34.7 Å². The number of thioether (sulfide) groups is 1. The fraction of sp³-hybridized carbons (Fsp3) is 0.333. The van der Waals surface area contributed by atoms with E-state index < -0.39 is 11.9 Å². The third kappa shape index (κ3) is 3.91. The molecule has 1 saturated heterocycles. The number of hydrogen-bond acceptors (Lipinski definition) is 6. The third-order valence-electron chi connectivity index (χ3n) is 1.75. The van der Waals surface area contributed by atoms with Crippen LogP contribution in [0.3, 0.4) is 0 Å². The number of methoxy groups -OCH3 is 1. The largest absolute Gasteiger partial charge is 0.466 e. The Morgan fingerprint density at radius 3 is 2.88 bits per heavy atom. The van der Waals surface area contributed by atoms with Crippen LogP contribution in [0.4, 0.5) is 0 Å². The molecule has 0 radical (unpaired) electrons. The number of hydrogen-bond donors (Lipinski definition) is 2. The van der Waals surface area contributed by atoms with Gasteiger partial charge in [-0.1, -0.05) is 0 Å². The highest BCUT2D eigenvalue weighted by Crippen LogP contribution is 2.23. The van der Waals surface area contributed by atoms with Crippen LogP contribution in [0, 0.1) is 0 Å². The number of nitrogens with one attached hydrogen (secondary N) is 2. The fourth-order valence-corrected chi connectivity index (χ4v) is 1.67. The number of rotatable bonds is 3. The highest BCUT2D eigenvalue weighted by molar-refractivity contribution is 8.18. The molecule has 1 aliphatic heterocycles. The van der Waals surface area contributed by atoms with Crippen molar-refractivity contribution in [3.8, 4) is 0 Å². The number of carbonyl (C=O) groups excluding carboxylic acids is 3. The number of amides is 2. The van der Waals surface area contributed by atoms with Crippen molar-refractivity contribution in [2.45, 2.75) is 0 Å². The highest BCUT2D eigenvalue weighted by atomic mass is 32.2. The molecule has 0 atom stereocenters. The summed E-state index contributed by atoms with van der Waals surface area (Å²) in [5, 5.41) is 5.11. The van der Waals surface area contributed by atoms with Crippen molar-refractivity contribution in [2.24, 2.45) is 4.99 Å². The first-order chi connectivity index (χ1) is 8.06. The lowest BCUT2D eigenvalue weighted by molar-refractivity contribution is -0.135. The first-order valence-corrected chi connectivity index (χ1v) is 5.42. The Balaban J connectivity index is 2.66. The molecule has 2 amide bonds. The molecule has 1 fully saturated rings. The summed E-state index contributed by atoms with van der Waals surface area (Å²) in [7, 11) is 2.71. The molecule has 8 heteroatoms. The molecule has 0 aromatic heterocycles. The predicted molar refractivity (Wildman–Crippen MR) is 62.2 cm³/mol. The average Bonchev–Trinajstić information content (AvgIpc) is 2.66. The van der Waals surface area contributed by atoms with Gasteiger partial charge in [-0.3, -0.25) is 14.6 Å². The predicted octanol–water partition coefficient (Wildman–Crippen LogP) is -0.992. The fourth-order valence-electron chi connectivity index (χ4n) is 0.890. The Hall–Kier alpha value is -1.83. The first-order valence-electron chi connectivity index (χ1n) is 4.60. The lowest BCUT2D eigenvalue weighted by atomic mass is 10.4. The quantitative estimate of drug-likeness (QED) is 0.500. The molecule has 0 aliphatic carbocycles. The smallest absolute Gasteiger partial charge is 0.331 e. The van der Waals surface area contributed by atoms with Gasteiger partial charge in [-0.2, -0.15) is 0 Å². The van der Waals surface area contributed by atoms with Crippen molar-refractivity contribution in [2.75, 3.05) is 20.7 Å². The van der Waals surface area contributed by atoms with Gasteiger partial charge in [0.25, 0.3) is 5.91 Å². The number of carbonyl (C=O) groups is 3. The molecule has 17 heavy (non-hydrogen) atoms. The molecule has 1 heterocycles. The van der Waals surface area contributed by atoms with Gasteiger partial charge in [0.05, 0.1) is 12.0 Å². The lowest BCUT2D eigenvalue weighted by Crippen LogP contribution is -2.24. The summed E-state index contributed by atoms with van der Waals surface area (Å²) in [5.41, 5.74) is 0. The topological polar surface area (TPSA) is 96.9 Å². The van der Waals surface area contributed by atoms with Crippen LogP contribution in [0.25, 0.3) is 0 Å². The zero-order valence-electron chi connectivity index (χ0n) is 9.27. The van der Waals surface area contributed by atoms with Crippen LogP contribution in [0.1, 0.15) is 0 Å². The minimum Gasteiger partial charge on any atom is -0.466 e. The van der Waals surface area contributed by atoms with Gasteiger partial charge in [0.15, 0.2) is 5.17 Å². The van der Waals surface area contributed by atoms with Gasteiger partial charge in [0.2, 0.25) is 5.91 Å². The Labute approximate surface area is 102 Å². The summed E-state index contributed by atoms with van der Waals surface area (Å²) in [6.45, 7) is -0.0788. The number of likely N-dealkylation sites (N-methyl/N-ethyl adjacent to an activating group) is 1. The number of ether oxygens (including phenoxy) is 1. The Morgan fingerprint density at radius 2 is 2.29 bits per heavy atom. The lowest BCUT2D eigenvalue weighted by Gasteiger charge is -1.95. The normalized spacial score (nSPS) is 19.3. The first kappa shape index (κ1) is 13.2. The molecule has 0 unspecified atom stereocenters. The van der Waals surface area contributed by atoms with E-state index in [1.54, 1.807) is 0 Å². The molecule has 0 aromatic carbocycles. The summed E-state index contributed by atoms with van der Waals surface area (Å²) < 4.78 is 4.40. The van der Waals surface area contributed by atoms with E-state index in [0.717, 1.165) is 17.8 Å². The van der Waals surface area contributed by atoms with E-state index in [9.17, 15) is 14.4 Å². The van der Waals surface area contributed by atoms with Gasteiger partial charge in [-0.15, -0.1) is 0 Å². The van der Waals surface area contributed by atoms with Crippen LogP contribution in [0.15, 0.2) is 16.0 Å². The van der Waals surface area contributed by atoms with Crippen LogP contribution in [0.5, 0.6) is 0 Å². The van der Waals surface area contributed by atoms with Crippen molar-refractivity contribution in [1.29, 1.82) is 0 Å². The molecule has 0 aromatic rings. The second-order valence-corrected chi connectivity index (χ2v) is 3.91. The number of aliphatic imine (C=N–C) groups is 1. The summed E-state index contributed by atoms with van der Waals surface area (Å²) >= 11 is 0.985. The van der Waals surface area contributed by atoms with E-state index in [1.165, 1.54) is 14.2 Å². The number of amidine groups is 1. The SMILES string of the molecule is CNC(=O)CN=C1NC(=O)/C(=C/C(=O)OC)S1. The maximum Gasteiger partial charge on any atom is 0.331 e. The van der Waals surface area contributed by atoms with Crippen LogP contribution >= 0.6 is 11.8 Å². The molecule has 92 valence electrons. The second-order valence-electron chi connectivity index (χ2n) is 2.88. The Morgan fingerprint density at radius 1 is 1.59 bits per heavy atom. The van der Waals surface area contributed by atoms with Crippen molar-refractivity contribution < 1.29 is 19.1 Å². The molecule has 7 nitrogen and oxygen atoms in total. The van der Waals surface area contributed by atoms with Gasteiger partial charge in [-0.25, -0.2) is 4.79 Å². The maximum atomic E-state index is 11.4. The molecule has 1 rings (SSSR count). The summed E-state index contributed by atoms with van der Waals surface area (Å²) in [6.07, 6.45) is 1.07. The molecular formula is C9H11N3O4S. The zero-order chi connectivity index (χ0) is 12.8. The van der Waals surface area contributed by atoms with E-state index >= 15 is 0 Å². The highest BCUT2D eigenvalue weighted by Gasteiger charge is 2.24. The van der Waals surface area contributed by atoms with E-state index in [0.29, 0.717) is 0 Å². The Kier molecular flexibility index (Phi) is 4.70. The molecular weight excluding hydrogens is 246 g/mol. The number of esters is 1. The molecule has 2 N–H and O–H groups in total. The summed E-state index contributed by atoms with van der Waals surface area (Å²) in [5.74, 6) is -1.32. The maximum absolute atomic E-state index is 11.4. The molecule has 0 spiro atoms. The summed E-state index contributed by atoms with van der Waals surface area (Å²) in [4.78, 5) is 37.3. The van der Waals surface area contributed by atoms with Gasteiger partial charge in [-0.05, 0) is 11.8 Å². The third-order valence-corrected chi connectivity index (χ3v) is 2.69.